The lowest BCUT2D eigenvalue weighted by Gasteiger charge is -2.24. The number of nitrogens with one attached hydrogen (secondary N) is 1. The molecule has 0 saturated heterocycles. The van der Waals surface area contributed by atoms with Crippen molar-refractivity contribution in [1.82, 2.24) is 5.32 Å². The smallest absolute Gasteiger partial charge is 0.241 e. The average molecular weight is 389 g/mol. The first kappa shape index (κ1) is 21.0. The molecule has 0 spiro atoms. The molecule has 0 radical (unpaired) electrons. The second-order valence-electron chi connectivity index (χ2n) is 7.19. The maximum atomic E-state index is 12.6. The predicted molar refractivity (Wildman–Crippen MR) is 111 cm³/mol. The van der Waals surface area contributed by atoms with Gasteiger partial charge in [0.05, 0.1) is 18.0 Å². The molecule has 0 aliphatic heterocycles. The van der Waals surface area contributed by atoms with Crippen molar-refractivity contribution in [3.8, 4) is 0 Å². The van der Waals surface area contributed by atoms with E-state index in [0.29, 0.717) is 5.69 Å². The maximum Gasteiger partial charge on any atom is 0.241 e. The van der Waals surface area contributed by atoms with Gasteiger partial charge in [0.25, 0.3) is 0 Å². The number of carbonyl (C=O) groups excluding carboxylic acids is 1. The van der Waals surface area contributed by atoms with Crippen molar-refractivity contribution < 1.29 is 13.2 Å². The molecule has 2 aromatic rings. The van der Waals surface area contributed by atoms with Crippen molar-refractivity contribution in [2.24, 2.45) is 0 Å². The highest BCUT2D eigenvalue weighted by Gasteiger charge is 2.22. The molecule has 0 aliphatic rings. The van der Waals surface area contributed by atoms with E-state index in [1.165, 1.54) is 0 Å². The van der Waals surface area contributed by atoms with Gasteiger partial charge in [0.1, 0.15) is 6.54 Å². The van der Waals surface area contributed by atoms with Crippen LogP contribution in [-0.2, 0) is 14.8 Å². The third-order valence-electron chi connectivity index (χ3n) is 4.74. The van der Waals surface area contributed by atoms with E-state index in [1.807, 2.05) is 52.8 Å². The molecule has 0 bridgehead atoms. The van der Waals surface area contributed by atoms with Crippen LogP contribution in [0.4, 0.5) is 5.69 Å². The largest absolute Gasteiger partial charge is 0.348 e. The summed E-state index contributed by atoms with van der Waals surface area (Å²) < 4.78 is 25.7. The zero-order chi connectivity index (χ0) is 20.4. The molecule has 27 heavy (non-hydrogen) atoms. The van der Waals surface area contributed by atoms with Gasteiger partial charge in [0.15, 0.2) is 0 Å². The molecule has 1 N–H and O–H groups in total. The van der Waals surface area contributed by atoms with Crippen molar-refractivity contribution in [3.05, 3.63) is 64.2 Å². The zero-order valence-corrected chi connectivity index (χ0v) is 17.6. The van der Waals surface area contributed by atoms with Gasteiger partial charge in [-0.15, -0.1) is 0 Å². The van der Waals surface area contributed by atoms with Crippen LogP contribution in [0.2, 0.25) is 0 Å². The number of hydrogen-bond donors (Lipinski definition) is 1. The molecule has 0 unspecified atom stereocenters. The van der Waals surface area contributed by atoms with E-state index in [4.69, 9.17) is 0 Å². The Morgan fingerprint density at radius 3 is 2.22 bits per heavy atom. The number of rotatable bonds is 6. The van der Waals surface area contributed by atoms with Crippen LogP contribution in [0, 0.1) is 27.7 Å². The van der Waals surface area contributed by atoms with Gasteiger partial charge in [-0.2, -0.15) is 0 Å². The SMILES string of the molecule is Cc1ccc([C@H](C)NC(=O)CN(c2ccc(C)c(C)c2)S(C)(=O)=O)c(C)c1. The lowest BCUT2D eigenvalue weighted by molar-refractivity contribution is -0.120. The third-order valence-corrected chi connectivity index (χ3v) is 5.88. The number of nitrogens with zero attached hydrogens (tertiary/aromatic N) is 1. The molecule has 0 aliphatic carbocycles. The van der Waals surface area contributed by atoms with Crippen molar-refractivity contribution in [3.63, 3.8) is 0 Å². The third kappa shape index (κ3) is 5.32. The van der Waals surface area contributed by atoms with Gasteiger partial charge in [-0.05, 0) is 69.0 Å². The summed E-state index contributed by atoms with van der Waals surface area (Å²) in [6.45, 7) is 9.55. The summed E-state index contributed by atoms with van der Waals surface area (Å²) in [6, 6.07) is 11.2. The number of aryl methyl sites for hydroxylation is 4. The Bertz CT molecular complexity index is 952. The first-order valence-corrected chi connectivity index (χ1v) is 10.8. The molecule has 1 atom stereocenters. The monoisotopic (exact) mass is 388 g/mol. The maximum absolute atomic E-state index is 12.6. The highest BCUT2D eigenvalue weighted by Crippen LogP contribution is 2.22. The van der Waals surface area contributed by atoms with Gasteiger partial charge < -0.3 is 5.32 Å². The molecule has 0 saturated carbocycles. The van der Waals surface area contributed by atoms with Crippen LogP contribution >= 0.6 is 0 Å². The van der Waals surface area contributed by atoms with E-state index in [1.54, 1.807) is 12.1 Å². The summed E-state index contributed by atoms with van der Waals surface area (Å²) >= 11 is 0. The Balaban J connectivity index is 2.20. The Hall–Kier alpha value is -2.34. The van der Waals surface area contributed by atoms with Crippen LogP contribution in [0.3, 0.4) is 0 Å². The van der Waals surface area contributed by atoms with E-state index < -0.39 is 10.0 Å². The van der Waals surface area contributed by atoms with Gasteiger partial charge in [-0.25, -0.2) is 8.42 Å². The summed E-state index contributed by atoms with van der Waals surface area (Å²) in [5.41, 5.74) is 5.82. The van der Waals surface area contributed by atoms with Crippen LogP contribution in [0.1, 0.15) is 40.8 Å². The lowest BCUT2D eigenvalue weighted by atomic mass is 10.0. The summed E-state index contributed by atoms with van der Waals surface area (Å²) in [6.07, 6.45) is 1.11. The van der Waals surface area contributed by atoms with Gasteiger partial charge in [0.2, 0.25) is 15.9 Å². The van der Waals surface area contributed by atoms with Crippen molar-refractivity contribution in [1.29, 1.82) is 0 Å². The molecule has 146 valence electrons. The minimum Gasteiger partial charge on any atom is -0.348 e. The number of amides is 1. The molecule has 0 heterocycles. The second-order valence-corrected chi connectivity index (χ2v) is 9.09. The van der Waals surface area contributed by atoms with Gasteiger partial charge in [-0.1, -0.05) is 29.8 Å². The molecule has 1 amide bonds. The molecule has 2 aromatic carbocycles. The minimum atomic E-state index is -3.58. The van der Waals surface area contributed by atoms with Crippen molar-refractivity contribution in [2.45, 2.75) is 40.7 Å². The van der Waals surface area contributed by atoms with Gasteiger partial charge in [-0.3, -0.25) is 9.10 Å². The van der Waals surface area contributed by atoms with E-state index in [0.717, 1.165) is 38.4 Å². The fourth-order valence-electron chi connectivity index (χ4n) is 3.09. The number of benzene rings is 2. The average Bonchev–Trinajstić information content (AvgIpc) is 2.54. The molecule has 0 fully saturated rings. The summed E-state index contributed by atoms with van der Waals surface area (Å²) in [7, 11) is -3.58. The van der Waals surface area contributed by atoms with E-state index in [9.17, 15) is 13.2 Å². The summed E-state index contributed by atoms with van der Waals surface area (Å²) in [5, 5.41) is 2.91. The highest BCUT2D eigenvalue weighted by atomic mass is 32.2. The second kappa shape index (κ2) is 8.13. The fraction of sp³-hybridized carbons (Fsp3) is 0.381. The molecular weight excluding hydrogens is 360 g/mol. The Morgan fingerprint density at radius 2 is 1.67 bits per heavy atom. The molecular formula is C21H28N2O3S. The molecule has 0 aromatic heterocycles. The van der Waals surface area contributed by atoms with Gasteiger partial charge >= 0.3 is 0 Å². The zero-order valence-electron chi connectivity index (χ0n) is 16.8. The Labute approximate surface area is 162 Å². The normalized spacial score (nSPS) is 12.5. The van der Waals surface area contributed by atoms with Crippen LogP contribution < -0.4 is 9.62 Å². The van der Waals surface area contributed by atoms with E-state index in [2.05, 4.69) is 11.4 Å². The topological polar surface area (TPSA) is 66.5 Å². The van der Waals surface area contributed by atoms with E-state index in [-0.39, 0.29) is 18.5 Å². The number of sulfonamides is 1. The van der Waals surface area contributed by atoms with Crippen LogP contribution in [-0.4, -0.2) is 27.1 Å². The van der Waals surface area contributed by atoms with Crippen LogP contribution in [0.5, 0.6) is 0 Å². The van der Waals surface area contributed by atoms with Crippen molar-refractivity contribution in [2.75, 3.05) is 17.1 Å². The first-order valence-electron chi connectivity index (χ1n) is 8.90. The van der Waals surface area contributed by atoms with Crippen LogP contribution in [0.15, 0.2) is 36.4 Å². The van der Waals surface area contributed by atoms with Gasteiger partial charge in [0, 0.05) is 0 Å². The first-order chi connectivity index (χ1) is 12.5. The quantitative estimate of drug-likeness (QED) is 0.823. The molecule has 2 rings (SSSR count). The molecule has 6 heteroatoms. The predicted octanol–water partition coefficient (Wildman–Crippen LogP) is 3.56. The Kier molecular flexibility index (Phi) is 6.31. The molecule has 5 nitrogen and oxygen atoms in total. The highest BCUT2D eigenvalue weighted by molar-refractivity contribution is 7.92. The minimum absolute atomic E-state index is 0.209. The van der Waals surface area contributed by atoms with Crippen molar-refractivity contribution >= 4 is 21.6 Å². The van der Waals surface area contributed by atoms with Crippen LogP contribution in [0.25, 0.3) is 0 Å². The van der Waals surface area contributed by atoms with E-state index >= 15 is 0 Å². The number of carbonyl (C=O) groups is 1. The standard InChI is InChI=1S/C21H28N2O3S/c1-14-7-10-20(17(4)11-14)18(5)22-21(24)13-23(27(6,25)26)19-9-8-15(2)16(3)12-19/h7-12,18H,13H2,1-6H3,(H,22,24)/t18-/m0/s1. The fourth-order valence-corrected chi connectivity index (χ4v) is 3.94. The summed E-state index contributed by atoms with van der Waals surface area (Å²) in [5.74, 6) is -0.342. The lowest BCUT2D eigenvalue weighted by Crippen LogP contribution is -2.41. The number of anilines is 1. The Morgan fingerprint density at radius 1 is 1.00 bits per heavy atom. The summed E-state index contributed by atoms with van der Waals surface area (Å²) in [4.78, 5) is 12.6. The number of hydrogen-bond acceptors (Lipinski definition) is 3.